The van der Waals surface area contributed by atoms with Gasteiger partial charge in [0.05, 0.1) is 39.8 Å². The van der Waals surface area contributed by atoms with E-state index in [1.807, 2.05) is 0 Å². The first kappa shape index (κ1) is 24.2. The zero-order chi connectivity index (χ0) is 25.3. The van der Waals surface area contributed by atoms with E-state index in [2.05, 4.69) is 4.98 Å². The van der Waals surface area contributed by atoms with Crippen molar-refractivity contribution >= 4 is 33.0 Å². The largest absolute Gasteiger partial charge is 0.497 e. The van der Waals surface area contributed by atoms with Crippen molar-refractivity contribution in [1.82, 2.24) is 4.98 Å². The number of benzene rings is 2. The minimum Gasteiger partial charge on any atom is -0.497 e. The molecule has 0 bridgehead atoms. The average Bonchev–Trinajstić information content (AvgIpc) is 3.22. The molecule has 0 aliphatic heterocycles. The summed E-state index contributed by atoms with van der Waals surface area (Å²) in [5.74, 6) is 1.03. The quantitative estimate of drug-likeness (QED) is 0.308. The lowest BCUT2D eigenvalue weighted by molar-refractivity contribution is 0.104. The van der Waals surface area contributed by atoms with Crippen LogP contribution in [0.3, 0.4) is 0 Å². The molecule has 0 saturated heterocycles. The van der Waals surface area contributed by atoms with E-state index in [0.717, 1.165) is 11.3 Å². The number of carbonyl (C=O) groups is 1. The number of thiophene rings is 1. The summed E-state index contributed by atoms with van der Waals surface area (Å²) >= 11 is 0.955. The highest BCUT2D eigenvalue weighted by Crippen LogP contribution is 2.43. The summed E-state index contributed by atoms with van der Waals surface area (Å²) in [5, 5.41) is 0.0676. The number of ketones is 1. The van der Waals surface area contributed by atoms with E-state index in [1.54, 1.807) is 24.3 Å². The Morgan fingerprint density at radius 2 is 1.57 bits per heavy atom. The Morgan fingerprint density at radius 3 is 2.09 bits per heavy atom. The van der Waals surface area contributed by atoms with Gasteiger partial charge in [0, 0.05) is 22.1 Å². The average molecular weight is 501 g/mol. The predicted octanol–water partition coefficient (Wildman–Crippen LogP) is 5.75. The van der Waals surface area contributed by atoms with Crippen molar-refractivity contribution in [2.24, 2.45) is 0 Å². The van der Waals surface area contributed by atoms with Crippen LogP contribution in [0.5, 0.6) is 23.0 Å². The number of hydrogen-bond acceptors (Lipinski definition) is 8. The van der Waals surface area contributed by atoms with Gasteiger partial charge in [-0.1, -0.05) is 0 Å². The first-order chi connectivity index (χ1) is 16.8. The maximum absolute atomic E-state index is 14.1. The Labute approximate surface area is 204 Å². The number of nitrogens with two attached hydrogens (primary N) is 1. The van der Waals surface area contributed by atoms with Crippen LogP contribution in [-0.4, -0.2) is 39.2 Å². The topological polar surface area (TPSA) is 92.9 Å². The summed E-state index contributed by atoms with van der Waals surface area (Å²) in [6.07, 6.45) is -2.82. The van der Waals surface area contributed by atoms with Crippen molar-refractivity contribution in [2.45, 2.75) is 6.43 Å². The number of halogens is 2. The number of nitrogen functional groups attached to an aromatic ring is 1. The van der Waals surface area contributed by atoms with Crippen LogP contribution in [0.4, 0.5) is 14.5 Å². The summed E-state index contributed by atoms with van der Waals surface area (Å²) in [6, 6.07) is 11.1. The van der Waals surface area contributed by atoms with E-state index in [9.17, 15) is 13.6 Å². The van der Waals surface area contributed by atoms with E-state index in [4.69, 9.17) is 24.7 Å². The minimum atomic E-state index is -2.82. The SMILES string of the molecule is COc1ccc(-c2cc(C(F)F)c3c(N)c(C(=O)c4cc(OC)c(OC)c(OC)c4)sc3n2)cc1. The van der Waals surface area contributed by atoms with Gasteiger partial charge in [0.25, 0.3) is 6.43 Å². The van der Waals surface area contributed by atoms with Crippen molar-refractivity contribution in [3.8, 4) is 34.3 Å². The van der Waals surface area contributed by atoms with Crippen LogP contribution < -0.4 is 24.7 Å². The fraction of sp³-hybridized carbons (Fsp3) is 0.200. The molecule has 2 heterocycles. The highest BCUT2D eigenvalue weighted by Gasteiger charge is 2.26. The number of rotatable bonds is 8. The summed E-state index contributed by atoms with van der Waals surface area (Å²) in [7, 11) is 5.84. The maximum atomic E-state index is 14.1. The van der Waals surface area contributed by atoms with E-state index in [1.165, 1.54) is 46.6 Å². The molecule has 0 spiro atoms. The third-order valence-electron chi connectivity index (χ3n) is 5.48. The van der Waals surface area contributed by atoms with Crippen LogP contribution in [0.25, 0.3) is 21.5 Å². The number of aromatic nitrogens is 1. The Kier molecular flexibility index (Phi) is 6.74. The van der Waals surface area contributed by atoms with Crippen LogP contribution in [-0.2, 0) is 0 Å². The fourth-order valence-corrected chi connectivity index (χ4v) is 4.83. The van der Waals surface area contributed by atoms with E-state index >= 15 is 0 Å². The normalized spacial score (nSPS) is 11.1. The lowest BCUT2D eigenvalue weighted by Crippen LogP contribution is -2.05. The molecular weight excluding hydrogens is 478 g/mol. The second-order valence-electron chi connectivity index (χ2n) is 7.39. The zero-order valence-electron chi connectivity index (χ0n) is 19.3. The molecule has 0 aliphatic rings. The second kappa shape index (κ2) is 9.75. The summed E-state index contributed by atoms with van der Waals surface area (Å²) in [5.41, 5.74) is 7.07. The van der Waals surface area contributed by atoms with Gasteiger partial charge in [-0.3, -0.25) is 4.79 Å². The first-order valence-electron chi connectivity index (χ1n) is 10.3. The number of hydrogen-bond donors (Lipinski definition) is 1. The molecule has 4 rings (SSSR count). The smallest absolute Gasteiger partial charge is 0.264 e. The van der Waals surface area contributed by atoms with Gasteiger partial charge in [0.15, 0.2) is 11.5 Å². The molecule has 0 aliphatic carbocycles. The van der Waals surface area contributed by atoms with E-state index in [-0.39, 0.29) is 43.4 Å². The number of ether oxygens (including phenoxy) is 4. The third-order valence-corrected chi connectivity index (χ3v) is 6.58. The van der Waals surface area contributed by atoms with Gasteiger partial charge < -0.3 is 24.7 Å². The summed E-state index contributed by atoms with van der Waals surface area (Å²) in [6.45, 7) is 0. The molecule has 182 valence electrons. The molecule has 0 fully saturated rings. The van der Waals surface area contributed by atoms with Gasteiger partial charge in [0.1, 0.15) is 15.5 Å². The van der Waals surface area contributed by atoms with Crippen molar-refractivity contribution in [3.63, 3.8) is 0 Å². The molecule has 2 aromatic heterocycles. The number of methoxy groups -OCH3 is 4. The van der Waals surface area contributed by atoms with Crippen LogP contribution >= 0.6 is 11.3 Å². The molecule has 0 saturated carbocycles. The van der Waals surface area contributed by atoms with Crippen molar-refractivity contribution in [3.05, 3.63) is 58.5 Å². The second-order valence-corrected chi connectivity index (χ2v) is 8.39. The van der Waals surface area contributed by atoms with Crippen LogP contribution in [0, 0.1) is 0 Å². The number of alkyl halides is 2. The molecule has 0 amide bonds. The molecule has 35 heavy (non-hydrogen) atoms. The minimum absolute atomic E-state index is 0.0483. The number of carbonyl (C=O) groups excluding carboxylic acids is 1. The number of anilines is 1. The predicted molar refractivity (Wildman–Crippen MR) is 131 cm³/mol. The molecule has 4 aromatic rings. The van der Waals surface area contributed by atoms with Gasteiger partial charge >= 0.3 is 0 Å². The third kappa shape index (κ3) is 4.32. The molecule has 0 atom stereocenters. The molecule has 2 N–H and O–H groups in total. The highest BCUT2D eigenvalue weighted by molar-refractivity contribution is 7.21. The monoisotopic (exact) mass is 500 g/mol. The fourth-order valence-electron chi connectivity index (χ4n) is 3.74. The zero-order valence-corrected chi connectivity index (χ0v) is 20.2. The highest BCUT2D eigenvalue weighted by atomic mass is 32.1. The molecule has 0 unspecified atom stereocenters. The van der Waals surface area contributed by atoms with Crippen LogP contribution in [0.15, 0.2) is 42.5 Å². The Morgan fingerprint density at radius 1 is 0.943 bits per heavy atom. The number of pyridine rings is 1. The molecular formula is C25H22F2N2O5S. The molecule has 10 heteroatoms. The van der Waals surface area contributed by atoms with E-state index in [0.29, 0.717) is 22.8 Å². The van der Waals surface area contributed by atoms with Crippen molar-refractivity contribution in [2.75, 3.05) is 34.2 Å². The summed E-state index contributed by atoms with van der Waals surface area (Å²) in [4.78, 5) is 18.3. The van der Waals surface area contributed by atoms with Crippen molar-refractivity contribution < 1.29 is 32.5 Å². The maximum Gasteiger partial charge on any atom is 0.264 e. The van der Waals surface area contributed by atoms with Gasteiger partial charge in [-0.2, -0.15) is 0 Å². The van der Waals surface area contributed by atoms with Gasteiger partial charge in [-0.15, -0.1) is 11.3 Å². The molecule has 7 nitrogen and oxygen atoms in total. The lowest BCUT2D eigenvalue weighted by Gasteiger charge is -2.13. The van der Waals surface area contributed by atoms with Crippen LogP contribution in [0.1, 0.15) is 27.2 Å². The Hall–Kier alpha value is -3.92. The lowest BCUT2D eigenvalue weighted by atomic mass is 10.0. The number of fused-ring (bicyclic) bond motifs is 1. The molecule has 0 radical (unpaired) electrons. The van der Waals surface area contributed by atoms with Crippen LogP contribution in [0.2, 0.25) is 0 Å². The molecule has 2 aromatic carbocycles. The van der Waals surface area contributed by atoms with E-state index < -0.39 is 12.2 Å². The van der Waals surface area contributed by atoms with Gasteiger partial charge in [-0.25, -0.2) is 13.8 Å². The summed E-state index contributed by atoms with van der Waals surface area (Å²) < 4.78 is 49.2. The Balaban J connectivity index is 1.87. The van der Waals surface area contributed by atoms with Gasteiger partial charge in [0.2, 0.25) is 11.5 Å². The first-order valence-corrected chi connectivity index (χ1v) is 11.1. The van der Waals surface area contributed by atoms with Gasteiger partial charge in [-0.05, 0) is 42.5 Å². The van der Waals surface area contributed by atoms with Crippen molar-refractivity contribution in [1.29, 1.82) is 0 Å². The number of nitrogens with zero attached hydrogens (tertiary/aromatic N) is 1. The standard InChI is InChI=1S/C25H22F2N2O5S/c1-31-14-7-5-12(6-8-14)16-11-15(24(26)27)19-20(28)23(35-25(19)29-16)21(30)13-9-17(32-2)22(34-4)18(10-13)33-3/h5-11,24H,28H2,1-4H3. The Bertz CT molecular complexity index is 1380.